The molecule has 7 nitrogen and oxygen atoms in total. The Balaban J connectivity index is 1.38. The minimum absolute atomic E-state index is 0.00173. The Morgan fingerprint density at radius 1 is 0.844 bits per heavy atom. The van der Waals surface area contributed by atoms with Crippen LogP contribution in [0.3, 0.4) is 0 Å². The normalized spacial score (nSPS) is 20.3. The summed E-state index contributed by atoms with van der Waals surface area (Å²) >= 11 is 0. The second kappa shape index (κ2) is 13.6. The molecule has 0 saturated heterocycles. The van der Waals surface area contributed by atoms with Gasteiger partial charge in [0, 0.05) is 29.0 Å². The van der Waals surface area contributed by atoms with Gasteiger partial charge in [-0.25, -0.2) is 4.79 Å². The van der Waals surface area contributed by atoms with Crippen molar-refractivity contribution < 1.29 is 28.5 Å². The first kappa shape index (κ1) is 30.5. The van der Waals surface area contributed by atoms with Crippen LogP contribution in [0.4, 0.5) is 0 Å². The van der Waals surface area contributed by atoms with Crippen molar-refractivity contribution in [3.8, 4) is 17.2 Å². The highest BCUT2D eigenvalue weighted by Gasteiger charge is 2.43. The summed E-state index contributed by atoms with van der Waals surface area (Å²) < 4.78 is 23.5. The van der Waals surface area contributed by atoms with Crippen LogP contribution in [0.25, 0.3) is 0 Å². The number of carbonyl (C=O) groups is 2. The molecule has 3 aromatic rings. The monoisotopic (exact) mass is 607 g/mol. The fraction of sp³-hybridized carbons (Fsp3) is 0.368. The molecule has 45 heavy (non-hydrogen) atoms. The van der Waals surface area contributed by atoms with Crippen LogP contribution >= 0.6 is 0 Å². The number of ether oxygens (including phenoxy) is 4. The van der Waals surface area contributed by atoms with Crippen LogP contribution in [0.2, 0.25) is 0 Å². The molecule has 1 aliphatic heterocycles. The van der Waals surface area contributed by atoms with Gasteiger partial charge in [0.2, 0.25) is 0 Å². The third-order valence-electron chi connectivity index (χ3n) is 9.22. The first-order chi connectivity index (χ1) is 22.0. The summed E-state index contributed by atoms with van der Waals surface area (Å²) in [4.78, 5) is 28.3. The zero-order valence-electron chi connectivity index (χ0n) is 26.3. The van der Waals surface area contributed by atoms with Crippen LogP contribution in [0.15, 0.2) is 95.3 Å². The Labute approximate surface area is 265 Å². The fourth-order valence-corrected chi connectivity index (χ4v) is 6.95. The Hall–Kier alpha value is -4.52. The molecule has 0 spiro atoms. The lowest BCUT2D eigenvalue weighted by molar-refractivity contribution is -0.146. The third kappa shape index (κ3) is 6.48. The van der Waals surface area contributed by atoms with E-state index < -0.39 is 5.92 Å². The van der Waals surface area contributed by atoms with E-state index in [1.165, 1.54) is 0 Å². The van der Waals surface area contributed by atoms with Crippen molar-refractivity contribution in [1.29, 1.82) is 0 Å². The summed E-state index contributed by atoms with van der Waals surface area (Å²) in [5, 5.41) is 3.49. The number of methoxy groups -OCH3 is 2. The van der Waals surface area contributed by atoms with Crippen molar-refractivity contribution in [1.82, 2.24) is 5.32 Å². The Morgan fingerprint density at radius 2 is 1.58 bits per heavy atom. The molecule has 2 aliphatic carbocycles. The second-order valence-corrected chi connectivity index (χ2v) is 12.1. The minimum atomic E-state index is -0.608. The number of carbonyl (C=O) groups excluding carboxylic acids is 2. The van der Waals surface area contributed by atoms with Gasteiger partial charge in [0.15, 0.2) is 17.3 Å². The fourth-order valence-electron chi connectivity index (χ4n) is 6.95. The molecule has 6 rings (SSSR count). The minimum Gasteiger partial charge on any atom is -0.493 e. The van der Waals surface area contributed by atoms with Gasteiger partial charge in [-0.05, 0) is 74.3 Å². The number of allylic oxidation sites excluding steroid dienone is 3. The van der Waals surface area contributed by atoms with Crippen molar-refractivity contribution in [3.63, 3.8) is 0 Å². The molecule has 1 fully saturated rings. The summed E-state index contributed by atoms with van der Waals surface area (Å²) in [7, 11) is 3.22. The highest BCUT2D eigenvalue weighted by molar-refractivity contribution is 6.04. The molecule has 0 amide bonds. The van der Waals surface area contributed by atoms with Gasteiger partial charge in [-0.15, -0.1) is 0 Å². The topological polar surface area (TPSA) is 83.1 Å². The van der Waals surface area contributed by atoms with E-state index in [-0.39, 0.29) is 23.8 Å². The number of para-hydroxylation sites is 1. The molecule has 0 radical (unpaired) electrons. The zero-order valence-corrected chi connectivity index (χ0v) is 26.3. The lowest BCUT2D eigenvalue weighted by Crippen LogP contribution is -2.37. The number of hydrogen-bond donors (Lipinski definition) is 1. The first-order valence-corrected chi connectivity index (χ1v) is 15.9. The van der Waals surface area contributed by atoms with Gasteiger partial charge in [-0.1, -0.05) is 61.0 Å². The largest absolute Gasteiger partial charge is 0.493 e. The van der Waals surface area contributed by atoms with Gasteiger partial charge < -0.3 is 24.3 Å². The molecule has 1 heterocycles. The van der Waals surface area contributed by atoms with Crippen molar-refractivity contribution in [2.24, 2.45) is 0 Å². The number of rotatable bonds is 9. The van der Waals surface area contributed by atoms with E-state index in [1.54, 1.807) is 14.2 Å². The van der Waals surface area contributed by atoms with Gasteiger partial charge in [0.25, 0.3) is 0 Å². The molecule has 2 atom stereocenters. The average Bonchev–Trinajstić information content (AvgIpc) is 3.07. The predicted octanol–water partition coefficient (Wildman–Crippen LogP) is 7.52. The molecular weight excluding hydrogens is 566 g/mol. The Kier molecular flexibility index (Phi) is 9.24. The van der Waals surface area contributed by atoms with E-state index >= 15 is 0 Å². The number of ketones is 1. The number of hydrogen-bond acceptors (Lipinski definition) is 7. The quantitative estimate of drug-likeness (QED) is 0.252. The van der Waals surface area contributed by atoms with Gasteiger partial charge in [0.05, 0.1) is 25.7 Å². The summed E-state index contributed by atoms with van der Waals surface area (Å²) in [5.41, 5.74) is 5.46. The number of nitrogens with one attached hydrogen (secondary N) is 1. The van der Waals surface area contributed by atoms with E-state index in [0.717, 1.165) is 54.5 Å². The summed E-state index contributed by atoms with van der Waals surface area (Å²) in [5.74, 6) is 0.889. The smallest absolute Gasteiger partial charge is 0.337 e. The van der Waals surface area contributed by atoms with Crippen LogP contribution in [-0.2, 0) is 20.9 Å². The van der Waals surface area contributed by atoms with E-state index in [1.807, 2.05) is 79.7 Å². The number of Topliss-reactive ketones (excluding diaryl/α,β-unsaturated/α-hetero) is 1. The van der Waals surface area contributed by atoms with Gasteiger partial charge >= 0.3 is 5.97 Å². The maximum Gasteiger partial charge on any atom is 0.337 e. The van der Waals surface area contributed by atoms with Gasteiger partial charge in [0.1, 0.15) is 18.5 Å². The Bertz CT molecular complexity index is 1620. The van der Waals surface area contributed by atoms with Gasteiger partial charge in [-0.2, -0.15) is 0 Å². The standard InChI is InChI=1S/C38H41NO6/c1-24-35(38(41)45-28-14-8-5-9-15-28)36(29-16-10-11-17-32(29)44-23-25-12-6-4-7-13-25)37-30(39-24)20-27(21-31(37)40)26-18-19-33(42-2)34(22-26)43-3/h4,6-7,10-13,16-19,22,27-28,36,39H,5,8-9,14-15,20-21,23H2,1-3H3/t27-,36-/m0/s1. The van der Waals surface area contributed by atoms with Crippen LogP contribution in [-0.4, -0.2) is 32.1 Å². The summed E-state index contributed by atoms with van der Waals surface area (Å²) in [6.07, 6.45) is 5.82. The lowest BCUT2D eigenvalue weighted by atomic mass is 9.71. The van der Waals surface area contributed by atoms with Crippen LogP contribution in [0, 0.1) is 0 Å². The van der Waals surface area contributed by atoms with Crippen LogP contribution in [0.5, 0.6) is 17.2 Å². The predicted molar refractivity (Wildman–Crippen MR) is 172 cm³/mol. The number of esters is 1. The molecule has 1 saturated carbocycles. The van der Waals surface area contributed by atoms with Crippen molar-refractivity contribution in [2.75, 3.05) is 14.2 Å². The van der Waals surface area contributed by atoms with Crippen LogP contribution < -0.4 is 19.5 Å². The average molecular weight is 608 g/mol. The summed E-state index contributed by atoms with van der Waals surface area (Å²) in [6.45, 7) is 2.28. The molecule has 7 heteroatoms. The van der Waals surface area contributed by atoms with Gasteiger partial charge in [-0.3, -0.25) is 4.79 Å². The van der Waals surface area contributed by atoms with E-state index in [2.05, 4.69) is 5.32 Å². The second-order valence-electron chi connectivity index (χ2n) is 12.1. The zero-order chi connectivity index (χ0) is 31.3. The molecule has 234 valence electrons. The molecule has 3 aromatic carbocycles. The van der Waals surface area contributed by atoms with Crippen molar-refractivity contribution >= 4 is 11.8 Å². The Morgan fingerprint density at radius 3 is 2.33 bits per heavy atom. The molecule has 1 N–H and O–H groups in total. The number of benzene rings is 3. The lowest BCUT2D eigenvalue weighted by Gasteiger charge is -2.37. The molecular formula is C38H41NO6. The maximum atomic E-state index is 14.3. The number of dihydropyridines is 1. The van der Waals surface area contributed by atoms with Crippen LogP contribution in [0.1, 0.15) is 80.4 Å². The van der Waals surface area contributed by atoms with E-state index in [4.69, 9.17) is 18.9 Å². The van der Waals surface area contributed by atoms with E-state index in [9.17, 15) is 9.59 Å². The summed E-state index contributed by atoms with van der Waals surface area (Å²) in [6, 6.07) is 23.5. The SMILES string of the molecule is COc1ccc([C@@H]2CC(=O)C3=C(C2)NC(C)=C(C(=O)OC2CCCCC2)[C@@H]3c2ccccc2OCc2ccccc2)cc1OC. The molecule has 0 aromatic heterocycles. The van der Waals surface area contributed by atoms with Crippen molar-refractivity contribution in [2.45, 2.75) is 76.4 Å². The third-order valence-corrected chi connectivity index (χ3v) is 9.22. The highest BCUT2D eigenvalue weighted by atomic mass is 16.5. The highest BCUT2D eigenvalue weighted by Crippen LogP contribution is 2.48. The maximum absolute atomic E-state index is 14.3. The van der Waals surface area contributed by atoms with E-state index in [0.29, 0.717) is 53.5 Å². The molecule has 0 unspecified atom stereocenters. The van der Waals surface area contributed by atoms with Crippen molar-refractivity contribution in [3.05, 3.63) is 112 Å². The molecule has 3 aliphatic rings. The molecule has 0 bridgehead atoms. The first-order valence-electron chi connectivity index (χ1n) is 15.9.